The number of rotatable bonds is 8. The Labute approximate surface area is 213 Å². The zero-order valence-electron chi connectivity index (χ0n) is 20.9. The molecule has 10 nitrogen and oxygen atoms in total. The number of aliphatic hydroxyl groups is 1. The van der Waals surface area contributed by atoms with Gasteiger partial charge in [0.15, 0.2) is 5.76 Å². The van der Waals surface area contributed by atoms with Crippen molar-refractivity contribution in [1.29, 1.82) is 0 Å². The first-order valence-corrected chi connectivity index (χ1v) is 12.6. The Balaban J connectivity index is 1.66. The molecule has 3 rings (SSSR count). The first kappa shape index (κ1) is 28.5. The molecule has 2 aliphatic heterocycles. The lowest BCUT2D eigenvalue weighted by Gasteiger charge is -2.32. The van der Waals surface area contributed by atoms with Gasteiger partial charge in [-0.3, -0.25) is 4.79 Å². The number of nitrogens with zero attached hydrogens (tertiary/aromatic N) is 1. The molecule has 1 saturated heterocycles. The molecule has 1 N–H and O–H groups in total. The van der Waals surface area contributed by atoms with Crippen LogP contribution in [0.4, 0.5) is 0 Å². The highest BCUT2D eigenvalue weighted by Crippen LogP contribution is 2.32. The Hall–Kier alpha value is -2.05. The van der Waals surface area contributed by atoms with E-state index in [2.05, 4.69) is 0 Å². The summed E-state index contributed by atoms with van der Waals surface area (Å²) >= 11 is 0. The Morgan fingerprint density at radius 3 is 2.08 bits per heavy atom. The third kappa shape index (κ3) is 10.5. The van der Waals surface area contributed by atoms with Gasteiger partial charge < -0.3 is 43.2 Å². The number of allylic oxidation sites excluding steroid dienone is 1. The first-order valence-electron chi connectivity index (χ1n) is 12.6. The van der Waals surface area contributed by atoms with E-state index in [1.54, 1.807) is 4.90 Å². The fraction of sp³-hybridized carbons (Fsp3) is 0.654. The van der Waals surface area contributed by atoms with Crippen LogP contribution in [0, 0.1) is 0 Å². The Morgan fingerprint density at radius 2 is 1.47 bits per heavy atom. The standard InChI is InChI=1S/C26H39NO9/c28-8-11-32-18-19-35-25-21-23(22-4-2-1-3-5-22)20-24(36-25)26(29)27-6-9-30-12-14-33-16-17-34-15-13-31-10-7-27/h1-5,20,23,25,28H,6-19,21H2/t23-,25+/m0/s1. The lowest BCUT2D eigenvalue weighted by molar-refractivity contribution is -0.157. The molecule has 1 aromatic carbocycles. The van der Waals surface area contributed by atoms with Crippen molar-refractivity contribution in [1.82, 2.24) is 4.90 Å². The van der Waals surface area contributed by atoms with Gasteiger partial charge in [-0.25, -0.2) is 0 Å². The second-order valence-electron chi connectivity index (χ2n) is 8.28. The first-order chi connectivity index (χ1) is 17.8. The van der Waals surface area contributed by atoms with E-state index >= 15 is 0 Å². The summed E-state index contributed by atoms with van der Waals surface area (Å²) in [7, 11) is 0. The van der Waals surface area contributed by atoms with E-state index < -0.39 is 6.29 Å². The van der Waals surface area contributed by atoms with Gasteiger partial charge >= 0.3 is 0 Å². The maximum atomic E-state index is 13.5. The number of benzene rings is 1. The molecular weight excluding hydrogens is 470 g/mol. The minimum Gasteiger partial charge on any atom is -0.459 e. The zero-order valence-corrected chi connectivity index (χ0v) is 20.9. The number of carbonyl (C=O) groups excluding carboxylic acids is 1. The van der Waals surface area contributed by atoms with Crippen molar-refractivity contribution in [3.63, 3.8) is 0 Å². The number of amides is 1. The third-order valence-corrected chi connectivity index (χ3v) is 5.68. The van der Waals surface area contributed by atoms with Crippen LogP contribution >= 0.6 is 0 Å². The van der Waals surface area contributed by atoms with E-state index in [0.29, 0.717) is 85.6 Å². The largest absolute Gasteiger partial charge is 0.459 e. The quantitative estimate of drug-likeness (QED) is 0.520. The Kier molecular flexibility index (Phi) is 13.8. The number of hydrogen-bond acceptors (Lipinski definition) is 9. The van der Waals surface area contributed by atoms with Crippen molar-refractivity contribution >= 4 is 5.91 Å². The fourth-order valence-corrected chi connectivity index (χ4v) is 3.83. The summed E-state index contributed by atoms with van der Waals surface area (Å²) in [4.78, 5) is 15.2. The second kappa shape index (κ2) is 17.4. The summed E-state index contributed by atoms with van der Waals surface area (Å²) in [6.45, 7) is 5.26. The average Bonchev–Trinajstić information content (AvgIpc) is 2.92. The molecule has 10 heteroatoms. The summed E-state index contributed by atoms with van der Waals surface area (Å²) in [5.74, 6) is -0.0155. The van der Waals surface area contributed by atoms with Crippen LogP contribution in [0.5, 0.6) is 0 Å². The molecule has 1 aromatic rings. The minimum atomic E-state index is -0.595. The van der Waals surface area contributed by atoms with Gasteiger partial charge in [-0.15, -0.1) is 0 Å². The van der Waals surface area contributed by atoms with Crippen LogP contribution in [0.2, 0.25) is 0 Å². The second-order valence-corrected chi connectivity index (χ2v) is 8.28. The van der Waals surface area contributed by atoms with Crippen molar-refractivity contribution < 1.29 is 43.1 Å². The van der Waals surface area contributed by atoms with Crippen LogP contribution in [0.1, 0.15) is 17.9 Å². The van der Waals surface area contributed by atoms with Gasteiger partial charge in [-0.2, -0.15) is 0 Å². The van der Waals surface area contributed by atoms with Gasteiger partial charge in [0.05, 0.1) is 79.3 Å². The molecule has 1 amide bonds. The number of hydrogen-bond donors (Lipinski definition) is 1. The molecule has 2 atom stereocenters. The minimum absolute atomic E-state index is 0.0347. The highest BCUT2D eigenvalue weighted by atomic mass is 16.7. The lowest BCUT2D eigenvalue weighted by Crippen LogP contribution is -2.40. The number of aliphatic hydroxyl groups excluding tert-OH is 1. The zero-order chi connectivity index (χ0) is 25.3. The molecule has 0 spiro atoms. The van der Waals surface area contributed by atoms with Crippen LogP contribution < -0.4 is 0 Å². The molecule has 2 aliphatic rings. The summed E-state index contributed by atoms with van der Waals surface area (Å²) in [5.41, 5.74) is 1.08. The summed E-state index contributed by atoms with van der Waals surface area (Å²) in [5, 5.41) is 8.86. The Morgan fingerprint density at radius 1 is 0.861 bits per heavy atom. The van der Waals surface area contributed by atoms with Gasteiger partial charge in [0, 0.05) is 25.4 Å². The van der Waals surface area contributed by atoms with Gasteiger partial charge in [-0.1, -0.05) is 30.3 Å². The molecule has 0 aliphatic carbocycles. The number of ether oxygens (including phenoxy) is 7. The highest BCUT2D eigenvalue weighted by molar-refractivity contribution is 5.91. The van der Waals surface area contributed by atoms with E-state index in [1.165, 1.54) is 0 Å². The van der Waals surface area contributed by atoms with Crippen LogP contribution in [0.25, 0.3) is 0 Å². The molecular formula is C26H39NO9. The molecule has 0 unspecified atom stereocenters. The summed E-state index contributed by atoms with van der Waals surface area (Å²) in [6, 6.07) is 9.98. The van der Waals surface area contributed by atoms with Crippen LogP contribution in [-0.4, -0.2) is 115 Å². The summed E-state index contributed by atoms with van der Waals surface area (Å²) in [6.07, 6.45) is 1.85. The van der Waals surface area contributed by atoms with E-state index in [9.17, 15) is 4.79 Å². The van der Waals surface area contributed by atoms with Gasteiger partial charge in [0.2, 0.25) is 6.29 Å². The third-order valence-electron chi connectivity index (χ3n) is 5.68. The van der Waals surface area contributed by atoms with Crippen molar-refractivity contribution in [2.24, 2.45) is 0 Å². The maximum Gasteiger partial charge on any atom is 0.288 e. The molecule has 2 heterocycles. The van der Waals surface area contributed by atoms with E-state index in [1.807, 2.05) is 36.4 Å². The molecule has 1 fully saturated rings. The predicted octanol–water partition coefficient (Wildman–Crippen LogP) is 1.33. The van der Waals surface area contributed by atoms with Crippen molar-refractivity contribution in [3.05, 3.63) is 47.7 Å². The van der Waals surface area contributed by atoms with Crippen molar-refractivity contribution in [2.45, 2.75) is 18.6 Å². The fourth-order valence-electron chi connectivity index (χ4n) is 3.83. The van der Waals surface area contributed by atoms with E-state index in [4.69, 9.17) is 38.3 Å². The van der Waals surface area contributed by atoms with Gasteiger partial charge in [-0.05, 0) is 11.6 Å². The predicted molar refractivity (Wildman–Crippen MR) is 130 cm³/mol. The van der Waals surface area contributed by atoms with E-state index in [0.717, 1.165) is 5.56 Å². The van der Waals surface area contributed by atoms with Crippen molar-refractivity contribution in [2.75, 3.05) is 92.4 Å². The molecule has 36 heavy (non-hydrogen) atoms. The van der Waals surface area contributed by atoms with Gasteiger partial charge in [0.25, 0.3) is 5.91 Å². The normalized spacial score (nSPS) is 23.1. The Bertz CT molecular complexity index is 745. The summed E-state index contributed by atoms with van der Waals surface area (Å²) < 4.78 is 39.4. The highest BCUT2D eigenvalue weighted by Gasteiger charge is 2.31. The molecule has 0 saturated carbocycles. The molecule has 0 aromatic heterocycles. The average molecular weight is 510 g/mol. The molecule has 0 bridgehead atoms. The van der Waals surface area contributed by atoms with Crippen molar-refractivity contribution in [3.8, 4) is 0 Å². The maximum absolute atomic E-state index is 13.5. The smallest absolute Gasteiger partial charge is 0.288 e. The lowest BCUT2D eigenvalue weighted by atomic mass is 9.93. The SMILES string of the molecule is O=C(C1=C[C@H](c2ccccc2)C[C@H](OCCOCCO)O1)N1CCOCCOCCOCCOCC1. The molecule has 0 radical (unpaired) electrons. The topological polar surface area (TPSA) is 105 Å². The van der Waals surface area contributed by atoms with Gasteiger partial charge in [0.1, 0.15) is 0 Å². The van der Waals surface area contributed by atoms with Crippen LogP contribution in [0.3, 0.4) is 0 Å². The molecule has 202 valence electrons. The van der Waals surface area contributed by atoms with Crippen LogP contribution in [-0.2, 0) is 38.0 Å². The monoisotopic (exact) mass is 509 g/mol. The number of carbonyl (C=O) groups is 1. The van der Waals surface area contributed by atoms with Crippen LogP contribution in [0.15, 0.2) is 42.2 Å². The van der Waals surface area contributed by atoms with E-state index in [-0.39, 0.29) is 30.8 Å².